The molecule has 0 saturated heterocycles. The second kappa shape index (κ2) is 9.42. The van der Waals surface area contributed by atoms with Crippen LogP contribution < -0.4 is 0 Å². The van der Waals surface area contributed by atoms with Crippen LogP contribution in [0.2, 0.25) is 5.02 Å². The molecule has 2 aromatic heterocycles. The van der Waals surface area contributed by atoms with Gasteiger partial charge >= 0.3 is 5.97 Å². The average Bonchev–Trinajstić information content (AvgIpc) is 3.32. The Morgan fingerprint density at radius 2 is 2.11 bits per heavy atom. The van der Waals surface area contributed by atoms with Crippen LogP contribution in [0.3, 0.4) is 0 Å². The first-order chi connectivity index (χ1) is 13.6. The molecule has 0 spiro atoms. The number of nitrogens with zero attached hydrogens (tertiary/aromatic N) is 2. The minimum absolute atomic E-state index is 0.212. The van der Waals surface area contributed by atoms with E-state index in [1.165, 1.54) is 0 Å². The first kappa shape index (κ1) is 20.0. The van der Waals surface area contributed by atoms with E-state index in [-0.39, 0.29) is 12.0 Å². The van der Waals surface area contributed by atoms with Gasteiger partial charge in [0.05, 0.1) is 24.7 Å². The Morgan fingerprint density at radius 3 is 2.79 bits per heavy atom. The summed E-state index contributed by atoms with van der Waals surface area (Å²) in [6.45, 7) is 2.67. The third-order valence-corrected chi connectivity index (χ3v) is 4.92. The van der Waals surface area contributed by atoms with Crippen LogP contribution in [0.25, 0.3) is 6.08 Å². The number of aliphatic carboxylic acids is 1. The fourth-order valence-corrected chi connectivity index (χ4v) is 3.22. The van der Waals surface area contributed by atoms with Gasteiger partial charge in [-0.15, -0.1) is 0 Å². The molecule has 3 aromatic rings. The molecule has 6 heteroatoms. The smallest absolute Gasteiger partial charge is 0.332 e. The Balaban J connectivity index is 1.97. The van der Waals surface area contributed by atoms with Crippen LogP contribution in [0.15, 0.2) is 58.8 Å². The number of hydrogen-bond acceptors (Lipinski definition) is 3. The van der Waals surface area contributed by atoms with Gasteiger partial charge in [0, 0.05) is 23.4 Å². The molecular formula is C22H23ClN2O3. The molecule has 1 N–H and O–H groups in total. The van der Waals surface area contributed by atoms with Crippen molar-refractivity contribution in [2.24, 2.45) is 0 Å². The molecule has 0 saturated carbocycles. The average molecular weight is 399 g/mol. The van der Waals surface area contributed by atoms with Crippen LogP contribution in [0.5, 0.6) is 0 Å². The first-order valence-corrected chi connectivity index (χ1v) is 9.70. The van der Waals surface area contributed by atoms with Gasteiger partial charge in [-0.2, -0.15) is 0 Å². The molecule has 2 heterocycles. The Hall–Kier alpha value is -2.79. The number of aromatic nitrogens is 2. The van der Waals surface area contributed by atoms with Gasteiger partial charge in [-0.3, -0.25) is 0 Å². The van der Waals surface area contributed by atoms with E-state index in [2.05, 4.69) is 11.9 Å². The maximum absolute atomic E-state index is 11.8. The van der Waals surface area contributed by atoms with Gasteiger partial charge in [0.25, 0.3) is 0 Å². The summed E-state index contributed by atoms with van der Waals surface area (Å²) in [6.07, 6.45) is 8.06. The number of carboxylic acids is 1. The Kier molecular flexibility index (Phi) is 6.71. The van der Waals surface area contributed by atoms with Gasteiger partial charge in [-0.05, 0) is 36.3 Å². The van der Waals surface area contributed by atoms with Gasteiger partial charge in [-0.1, -0.05) is 43.1 Å². The zero-order valence-electron chi connectivity index (χ0n) is 15.8. The molecule has 28 heavy (non-hydrogen) atoms. The summed E-state index contributed by atoms with van der Waals surface area (Å²) in [5, 5.41) is 10.3. The lowest BCUT2D eigenvalue weighted by molar-refractivity contribution is -0.132. The molecule has 0 fully saturated rings. The highest BCUT2D eigenvalue weighted by Gasteiger charge is 2.15. The fourth-order valence-electron chi connectivity index (χ4n) is 3.03. The normalized spacial score (nSPS) is 11.7. The quantitative estimate of drug-likeness (QED) is 0.501. The molecule has 146 valence electrons. The topological polar surface area (TPSA) is 68.3 Å². The van der Waals surface area contributed by atoms with Gasteiger partial charge < -0.3 is 14.1 Å². The Labute approximate surface area is 169 Å². The van der Waals surface area contributed by atoms with Crippen LogP contribution in [-0.4, -0.2) is 20.6 Å². The third-order valence-electron chi connectivity index (χ3n) is 4.55. The number of carboxylic acid groups (broad SMARTS) is 1. The summed E-state index contributed by atoms with van der Waals surface area (Å²) in [5.41, 5.74) is 1.96. The molecule has 1 aromatic carbocycles. The molecule has 0 unspecified atom stereocenters. The van der Waals surface area contributed by atoms with Crippen LogP contribution in [-0.2, 0) is 24.2 Å². The zero-order chi connectivity index (χ0) is 19.9. The third kappa shape index (κ3) is 4.93. The Bertz CT molecular complexity index is 958. The van der Waals surface area contributed by atoms with Crippen molar-refractivity contribution in [3.63, 3.8) is 0 Å². The number of unbranched alkanes of at least 4 members (excludes halogenated alkanes) is 1. The summed E-state index contributed by atoms with van der Waals surface area (Å²) >= 11 is 6.35. The van der Waals surface area contributed by atoms with Gasteiger partial charge in [0.1, 0.15) is 11.6 Å². The summed E-state index contributed by atoms with van der Waals surface area (Å²) in [7, 11) is 0. The van der Waals surface area contributed by atoms with E-state index in [1.807, 2.05) is 28.8 Å². The summed E-state index contributed by atoms with van der Waals surface area (Å²) in [4.78, 5) is 16.3. The highest BCUT2D eigenvalue weighted by atomic mass is 35.5. The lowest BCUT2D eigenvalue weighted by Gasteiger charge is -2.12. The lowest BCUT2D eigenvalue weighted by Crippen LogP contribution is -2.09. The van der Waals surface area contributed by atoms with Crippen LogP contribution >= 0.6 is 11.6 Å². The summed E-state index contributed by atoms with van der Waals surface area (Å²) in [5.74, 6) is 0.560. The van der Waals surface area contributed by atoms with Gasteiger partial charge in [-0.25, -0.2) is 9.78 Å². The number of imidazole rings is 1. The van der Waals surface area contributed by atoms with Crippen molar-refractivity contribution in [1.29, 1.82) is 0 Å². The van der Waals surface area contributed by atoms with E-state index in [0.717, 1.165) is 36.3 Å². The number of halogens is 1. The van der Waals surface area contributed by atoms with E-state index < -0.39 is 5.97 Å². The number of rotatable bonds is 9. The van der Waals surface area contributed by atoms with E-state index in [0.29, 0.717) is 17.3 Å². The summed E-state index contributed by atoms with van der Waals surface area (Å²) in [6, 6.07) is 11.2. The van der Waals surface area contributed by atoms with Gasteiger partial charge in [0.15, 0.2) is 0 Å². The van der Waals surface area contributed by atoms with Crippen LogP contribution in [0.1, 0.15) is 42.6 Å². The monoisotopic (exact) mass is 398 g/mol. The second-order valence-corrected chi connectivity index (χ2v) is 7.02. The molecule has 0 amide bonds. The number of benzene rings is 1. The highest BCUT2D eigenvalue weighted by molar-refractivity contribution is 6.31. The maximum Gasteiger partial charge on any atom is 0.332 e. The first-order valence-electron chi connectivity index (χ1n) is 9.32. The number of carbonyl (C=O) groups is 1. The highest BCUT2D eigenvalue weighted by Crippen LogP contribution is 2.21. The molecule has 0 atom stereocenters. The van der Waals surface area contributed by atoms with Crippen LogP contribution in [0, 0.1) is 0 Å². The predicted molar refractivity (Wildman–Crippen MR) is 109 cm³/mol. The minimum Gasteiger partial charge on any atom is -0.478 e. The number of aryl methyl sites for hydroxylation is 1. The fraction of sp³-hybridized carbons (Fsp3) is 0.273. The van der Waals surface area contributed by atoms with E-state index in [4.69, 9.17) is 16.0 Å². The van der Waals surface area contributed by atoms with Crippen molar-refractivity contribution in [2.75, 3.05) is 0 Å². The SMILES string of the molecule is CCCCc1ncc(/C=C(/Cc2ccco2)C(=O)O)n1Cc1ccccc1Cl. The molecule has 3 rings (SSSR count). The molecule has 0 aliphatic heterocycles. The number of hydrogen-bond donors (Lipinski definition) is 1. The lowest BCUT2D eigenvalue weighted by atomic mass is 10.1. The molecule has 0 radical (unpaired) electrons. The predicted octanol–water partition coefficient (Wildman–Crippen LogP) is 5.23. The second-order valence-electron chi connectivity index (χ2n) is 6.61. The number of furan rings is 1. The van der Waals surface area contributed by atoms with Crippen molar-refractivity contribution in [3.8, 4) is 0 Å². The maximum atomic E-state index is 11.8. The molecule has 0 bridgehead atoms. The zero-order valence-corrected chi connectivity index (χ0v) is 16.5. The van der Waals surface area contributed by atoms with Crippen molar-refractivity contribution >= 4 is 23.6 Å². The van der Waals surface area contributed by atoms with Gasteiger partial charge in [0.2, 0.25) is 0 Å². The van der Waals surface area contributed by atoms with Crippen molar-refractivity contribution in [3.05, 3.63) is 82.3 Å². The van der Waals surface area contributed by atoms with Crippen molar-refractivity contribution in [1.82, 2.24) is 9.55 Å². The Morgan fingerprint density at radius 1 is 1.29 bits per heavy atom. The largest absolute Gasteiger partial charge is 0.478 e. The van der Waals surface area contributed by atoms with Crippen LogP contribution in [0.4, 0.5) is 0 Å². The molecule has 5 nitrogen and oxygen atoms in total. The summed E-state index contributed by atoms with van der Waals surface area (Å²) < 4.78 is 7.35. The van der Waals surface area contributed by atoms with Crippen molar-refractivity contribution in [2.45, 2.75) is 39.2 Å². The standard InChI is InChI=1S/C22H23ClN2O3/c1-2-3-10-21-24-14-18(25(21)15-16-7-4-5-9-20(16)23)12-17(22(26)27)13-19-8-6-11-28-19/h4-9,11-12,14H,2-3,10,13,15H2,1H3,(H,26,27)/b17-12-. The minimum atomic E-state index is -0.975. The van der Waals surface area contributed by atoms with Crippen molar-refractivity contribution < 1.29 is 14.3 Å². The molecular weight excluding hydrogens is 376 g/mol. The van der Waals surface area contributed by atoms with E-state index >= 15 is 0 Å². The molecule has 0 aliphatic carbocycles. The molecule has 0 aliphatic rings. The van der Waals surface area contributed by atoms with E-state index in [9.17, 15) is 9.90 Å². The van der Waals surface area contributed by atoms with E-state index in [1.54, 1.807) is 30.7 Å².